The Balaban J connectivity index is 1.39. The van der Waals surface area contributed by atoms with Crippen molar-refractivity contribution in [2.24, 2.45) is 0 Å². The molecule has 3 aromatic rings. The number of aliphatic hydroxyl groups excluding tert-OH is 1. The van der Waals surface area contributed by atoms with Crippen molar-refractivity contribution in [3.8, 4) is 5.75 Å². The first-order valence-corrected chi connectivity index (χ1v) is 16.4. The zero-order valence-electron chi connectivity index (χ0n) is 26.6. The third-order valence-corrected chi connectivity index (χ3v) is 8.89. The minimum atomic E-state index is -0.819. The molecular weight excluding hydrogens is 588 g/mol. The Labute approximate surface area is 272 Å². The van der Waals surface area contributed by atoms with Crippen LogP contribution in [0.4, 0.5) is 0 Å². The number of hydrogen-bond donors (Lipinski definition) is 2. The van der Waals surface area contributed by atoms with Crippen LogP contribution in [-0.2, 0) is 10.4 Å². The smallest absolute Gasteiger partial charge is 0.260 e. The van der Waals surface area contributed by atoms with E-state index in [1.54, 1.807) is 11.1 Å². The first kappa shape index (κ1) is 34.6. The summed E-state index contributed by atoms with van der Waals surface area (Å²) in [6.45, 7) is 9.96. The van der Waals surface area contributed by atoms with E-state index < -0.39 is 5.60 Å². The Morgan fingerprint density at radius 1 is 1.02 bits per heavy atom. The lowest BCUT2D eigenvalue weighted by atomic mass is 9.84. The molecule has 0 spiro atoms. The summed E-state index contributed by atoms with van der Waals surface area (Å²) in [4.78, 5) is 23.6. The normalized spacial score (nSPS) is 15.3. The predicted octanol–water partition coefficient (Wildman–Crippen LogP) is 5.08. The Morgan fingerprint density at radius 3 is 2.42 bits per heavy atom. The minimum absolute atomic E-state index is 0.0839. The van der Waals surface area contributed by atoms with Crippen molar-refractivity contribution in [1.82, 2.24) is 19.7 Å². The molecule has 1 aromatic heterocycles. The quantitative estimate of drug-likeness (QED) is 0.227. The fourth-order valence-corrected chi connectivity index (χ4v) is 5.91. The molecule has 1 saturated heterocycles. The fraction of sp³-hybridized carbons (Fsp3) is 0.444. The maximum Gasteiger partial charge on any atom is 0.260 e. The van der Waals surface area contributed by atoms with Gasteiger partial charge in [0.25, 0.3) is 5.91 Å². The molecule has 242 valence electrons. The van der Waals surface area contributed by atoms with Crippen molar-refractivity contribution >= 4 is 23.1 Å². The molecule has 1 fully saturated rings. The number of rotatable bonds is 16. The molecule has 8 nitrogen and oxygen atoms in total. The lowest BCUT2D eigenvalue weighted by Crippen LogP contribution is -2.42. The molecule has 45 heavy (non-hydrogen) atoms. The largest absolute Gasteiger partial charge is 0.484 e. The molecule has 1 aliphatic heterocycles. The number of aromatic nitrogens is 1. The number of carbonyl (C=O) groups is 1. The van der Waals surface area contributed by atoms with Crippen molar-refractivity contribution in [2.45, 2.75) is 38.7 Å². The molecule has 4 rings (SSSR count). The zero-order chi connectivity index (χ0) is 32.1. The highest BCUT2D eigenvalue weighted by atomic mass is 35.5. The van der Waals surface area contributed by atoms with Gasteiger partial charge in [0, 0.05) is 62.2 Å². The van der Waals surface area contributed by atoms with Crippen LogP contribution in [0.2, 0.25) is 5.02 Å². The zero-order valence-corrected chi connectivity index (χ0v) is 27.3. The summed E-state index contributed by atoms with van der Waals surface area (Å²) >= 11 is 6.05. The Kier molecular flexibility index (Phi) is 13.4. The number of amides is 1. The number of piperidine rings is 1. The molecule has 2 aromatic carbocycles. The average molecular weight is 635 g/mol. The van der Waals surface area contributed by atoms with E-state index in [0.29, 0.717) is 30.2 Å². The van der Waals surface area contributed by atoms with E-state index in [1.165, 1.54) is 0 Å². The first-order chi connectivity index (χ1) is 21.8. The van der Waals surface area contributed by atoms with Crippen LogP contribution < -0.4 is 4.74 Å². The van der Waals surface area contributed by atoms with Gasteiger partial charge in [-0.3, -0.25) is 9.78 Å². The van der Waals surface area contributed by atoms with Gasteiger partial charge in [-0.2, -0.15) is 0 Å². The number of hydrogen-bond acceptors (Lipinski definition) is 7. The number of likely N-dealkylation sites (tertiary alicyclic amines) is 1. The standard InChI is InChI=1S/C36H47ClN4O4/c1-3-39(4-2)22-23-41(24-25-42)35(43)28-45-33-10-5-8-29(26-33)34(30-9-6-18-38-27-30)11-7-19-40-20-16-36(44,17-21-40)31-12-14-32(37)15-13-31/h5-6,8-15,18,26-27,42,44H,3-4,7,16-17,19-25,28H2,1-2H3/b34-11-. The topological polar surface area (TPSA) is 89.4 Å². The van der Waals surface area contributed by atoms with E-state index in [2.05, 4.69) is 34.7 Å². The van der Waals surface area contributed by atoms with E-state index in [4.69, 9.17) is 16.3 Å². The van der Waals surface area contributed by atoms with Crippen LogP contribution in [0.1, 0.15) is 49.8 Å². The summed E-state index contributed by atoms with van der Waals surface area (Å²) in [6.07, 6.45) is 8.04. The third-order valence-electron chi connectivity index (χ3n) is 8.64. The van der Waals surface area contributed by atoms with E-state index in [9.17, 15) is 15.0 Å². The number of aliphatic hydroxyl groups is 2. The maximum atomic E-state index is 13.0. The maximum absolute atomic E-state index is 13.0. The highest BCUT2D eigenvalue weighted by Crippen LogP contribution is 2.34. The van der Waals surface area contributed by atoms with Crippen LogP contribution >= 0.6 is 11.6 Å². The molecule has 2 heterocycles. The van der Waals surface area contributed by atoms with Crippen molar-refractivity contribution in [3.05, 3.63) is 101 Å². The average Bonchev–Trinajstić information content (AvgIpc) is 3.07. The molecule has 0 bridgehead atoms. The monoisotopic (exact) mass is 634 g/mol. The molecular formula is C36H47ClN4O4. The number of nitrogens with zero attached hydrogens (tertiary/aromatic N) is 4. The number of carbonyl (C=O) groups excluding carboxylic acids is 1. The summed E-state index contributed by atoms with van der Waals surface area (Å²) in [7, 11) is 0. The minimum Gasteiger partial charge on any atom is -0.484 e. The number of likely N-dealkylation sites (N-methyl/N-ethyl adjacent to an activating group) is 1. The molecule has 9 heteroatoms. The van der Waals surface area contributed by atoms with E-state index in [0.717, 1.165) is 68.0 Å². The Morgan fingerprint density at radius 2 is 1.76 bits per heavy atom. The van der Waals surface area contributed by atoms with Crippen LogP contribution in [0.3, 0.4) is 0 Å². The lowest BCUT2D eigenvalue weighted by Gasteiger charge is -2.38. The van der Waals surface area contributed by atoms with E-state index in [-0.39, 0.29) is 25.7 Å². The van der Waals surface area contributed by atoms with Gasteiger partial charge in [0.1, 0.15) is 5.75 Å². The molecule has 1 amide bonds. The van der Waals surface area contributed by atoms with Crippen molar-refractivity contribution in [1.29, 1.82) is 0 Å². The SMILES string of the molecule is CCN(CC)CCN(CCO)C(=O)COc1cccc(/C(=C/CCN2CCC(O)(c3ccc(Cl)cc3)CC2)c2cccnc2)c1. The van der Waals surface area contributed by atoms with Gasteiger partial charge >= 0.3 is 0 Å². The van der Waals surface area contributed by atoms with Gasteiger partial charge in [-0.15, -0.1) is 0 Å². The van der Waals surface area contributed by atoms with Gasteiger partial charge in [0.15, 0.2) is 6.61 Å². The summed E-state index contributed by atoms with van der Waals surface area (Å²) in [5, 5.41) is 21.4. The lowest BCUT2D eigenvalue weighted by molar-refractivity contribution is -0.134. The summed E-state index contributed by atoms with van der Waals surface area (Å²) < 4.78 is 5.97. The molecule has 0 radical (unpaired) electrons. The first-order valence-electron chi connectivity index (χ1n) is 16.0. The molecule has 0 unspecified atom stereocenters. The Hall–Kier alpha value is -3.27. The van der Waals surface area contributed by atoms with Gasteiger partial charge in [-0.25, -0.2) is 0 Å². The second-order valence-electron chi connectivity index (χ2n) is 11.5. The van der Waals surface area contributed by atoms with Crippen LogP contribution in [-0.4, -0.2) is 101 Å². The van der Waals surface area contributed by atoms with E-state index >= 15 is 0 Å². The molecule has 2 N–H and O–H groups in total. The number of pyridine rings is 1. The third kappa shape index (κ3) is 10.1. The van der Waals surface area contributed by atoms with Crippen LogP contribution in [0.15, 0.2) is 79.1 Å². The van der Waals surface area contributed by atoms with Gasteiger partial charge in [-0.1, -0.05) is 61.9 Å². The summed E-state index contributed by atoms with van der Waals surface area (Å²) in [5.74, 6) is 0.468. The Bertz CT molecular complexity index is 1360. The number of halogens is 1. The van der Waals surface area contributed by atoms with Crippen LogP contribution in [0.25, 0.3) is 5.57 Å². The summed E-state index contributed by atoms with van der Waals surface area (Å²) in [6, 6.07) is 19.3. The number of benzene rings is 2. The van der Waals surface area contributed by atoms with Crippen molar-refractivity contribution in [2.75, 3.05) is 65.6 Å². The van der Waals surface area contributed by atoms with Crippen LogP contribution in [0, 0.1) is 0 Å². The number of ether oxygens (including phenoxy) is 1. The molecule has 0 aliphatic carbocycles. The van der Waals surface area contributed by atoms with Crippen molar-refractivity contribution in [3.63, 3.8) is 0 Å². The second-order valence-corrected chi connectivity index (χ2v) is 11.9. The van der Waals surface area contributed by atoms with Crippen molar-refractivity contribution < 1.29 is 19.7 Å². The van der Waals surface area contributed by atoms with Gasteiger partial charge in [-0.05, 0) is 79.4 Å². The van der Waals surface area contributed by atoms with Gasteiger partial charge < -0.3 is 29.6 Å². The highest BCUT2D eigenvalue weighted by molar-refractivity contribution is 6.30. The summed E-state index contributed by atoms with van der Waals surface area (Å²) in [5.41, 5.74) is 3.15. The van der Waals surface area contributed by atoms with Gasteiger partial charge in [0.2, 0.25) is 0 Å². The molecule has 0 atom stereocenters. The second kappa shape index (κ2) is 17.4. The van der Waals surface area contributed by atoms with Gasteiger partial charge in [0.05, 0.1) is 12.2 Å². The molecule has 1 aliphatic rings. The molecule has 0 saturated carbocycles. The van der Waals surface area contributed by atoms with E-state index in [1.807, 2.05) is 66.9 Å². The highest BCUT2D eigenvalue weighted by Gasteiger charge is 2.33. The predicted molar refractivity (Wildman–Crippen MR) is 180 cm³/mol. The van der Waals surface area contributed by atoms with Crippen LogP contribution in [0.5, 0.6) is 5.75 Å². The fourth-order valence-electron chi connectivity index (χ4n) is 5.78.